The minimum atomic E-state index is -4.15. The normalized spacial score (nSPS) is 12.2. The van der Waals surface area contributed by atoms with E-state index in [0.29, 0.717) is 5.56 Å². The Labute approximate surface area is 184 Å². The van der Waals surface area contributed by atoms with Gasteiger partial charge >= 0.3 is 0 Å². The van der Waals surface area contributed by atoms with Gasteiger partial charge in [0, 0.05) is 6.07 Å². The molecule has 0 saturated heterocycles. The molecular formula is C22H20FN3O5S. The van der Waals surface area contributed by atoms with Crippen molar-refractivity contribution < 1.29 is 22.5 Å². The van der Waals surface area contributed by atoms with Gasteiger partial charge in [-0.15, -0.1) is 0 Å². The van der Waals surface area contributed by atoms with Gasteiger partial charge < -0.3 is 5.32 Å². The summed E-state index contributed by atoms with van der Waals surface area (Å²) < 4.78 is 41.2. The lowest BCUT2D eigenvalue weighted by Crippen LogP contribution is -2.45. The Bertz CT molecular complexity index is 1230. The fourth-order valence-corrected chi connectivity index (χ4v) is 4.28. The van der Waals surface area contributed by atoms with Crippen LogP contribution in [-0.2, 0) is 21.2 Å². The molecule has 3 aromatic carbocycles. The predicted molar refractivity (Wildman–Crippen MR) is 117 cm³/mol. The van der Waals surface area contributed by atoms with E-state index in [0.717, 1.165) is 24.3 Å². The number of sulfonamides is 1. The molecule has 8 nitrogen and oxygen atoms in total. The second-order valence-corrected chi connectivity index (χ2v) is 8.73. The molecule has 3 aromatic rings. The highest BCUT2D eigenvalue weighted by Crippen LogP contribution is 2.25. The van der Waals surface area contributed by atoms with Crippen molar-refractivity contribution in [2.45, 2.75) is 24.3 Å². The van der Waals surface area contributed by atoms with E-state index < -0.39 is 32.7 Å². The Balaban J connectivity index is 1.90. The Morgan fingerprint density at radius 1 is 1.03 bits per heavy atom. The minimum absolute atomic E-state index is 0.0288. The first-order valence-electron chi connectivity index (χ1n) is 9.54. The quantitative estimate of drug-likeness (QED) is 0.396. The molecule has 0 heterocycles. The first kappa shape index (κ1) is 23.0. The molecule has 1 amide bonds. The lowest BCUT2D eigenvalue weighted by molar-refractivity contribution is -0.385. The van der Waals surface area contributed by atoms with Crippen LogP contribution >= 0.6 is 0 Å². The standard InChI is InChI=1S/C22H20FN3O5S/c1-15-19(8-5-9-21(15)26(28)29)24-22(27)20(14-16-6-3-2-4-7-16)25-32(30,31)18-12-10-17(23)11-13-18/h2-13,20,25H,14H2,1H3,(H,24,27). The van der Waals surface area contributed by atoms with Gasteiger partial charge in [-0.25, -0.2) is 12.8 Å². The zero-order valence-electron chi connectivity index (χ0n) is 17.0. The topological polar surface area (TPSA) is 118 Å². The Morgan fingerprint density at radius 3 is 2.31 bits per heavy atom. The van der Waals surface area contributed by atoms with E-state index in [1.807, 2.05) is 0 Å². The molecule has 0 aliphatic carbocycles. The number of halogens is 1. The summed E-state index contributed by atoms with van der Waals surface area (Å²) >= 11 is 0. The lowest BCUT2D eigenvalue weighted by Gasteiger charge is -2.19. The second kappa shape index (κ2) is 9.67. The van der Waals surface area contributed by atoms with Crippen LogP contribution in [0.2, 0.25) is 0 Å². The van der Waals surface area contributed by atoms with E-state index in [9.17, 15) is 27.7 Å². The molecule has 10 heteroatoms. The number of hydrogen-bond acceptors (Lipinski definition) is 5. The molecule has 1 atom stereocenters. The number of amides is 1. The minimum Gasteiger partial charge on any atom is -0.324 e. The molecule has 0 saturated carbocycles. The number of nitrogens with one attached hydrogen (secondary N) is 2. The van der Waals surface area contributed by atoms with Gasteiger partial charge in [0.15, 0.2) is 0 Å². The van der Waals surface area contributed by atoms with Crippen molar-refractivity contribution in [3.63, 3.8) is 0 Å². The molecule has 0 fully saturated rings. The number of rotatable bonds is 8. The molecule has 166 valence electrons. The number of nitro groups is 1. The molecule has 3 rings (SSSR count). The van der Waals surface area contributed by atoms with E-state index in [-0.39, 0.29) is 28.3 Å². The summed E-state index contributed by atoms with van der Waals surface area (Å²) in [6.45, 7) is 1.49. The lowest BCUT2D eigenvalue weighted by atomic mass is 10.1. The van der Waals surface area contributed by atoms with Crippen LogP contribution in [0.15, 0.2) is 77.7 Å². The number of benzene rings is 3. The highest BCUT2D eigenvalue weighted by atomic mass is 32.2. The summed E-state index contributed by atoms with van der Waals surface area (Å²) in [5, 5.41) is 13.8. The van der Waals surface area contributed by atoms with Gasteiger partial charge in [0.2, 0.25) is 15.9 Å². The van der Waals surface area contributed by atoms with E-state index in [1.165, 1.54) is 25.1 Å². The zero-order chi connectivity index (χ0) is 23.3. The number of anilines is 1. The van der Waals surface area contributed by atoms with E-state index in [4.69, 9.17) is 0 Å². The van der Waals surface area contributed by atoms with Gasteiger partial charge in [-0.05, 0) is 49.2 Å². The summed E-state index contributed by atoms with van der Waals surface area (Å²) in [7, 11) is -4.15. The summed E-state index contributed by atoms with van der Waals surface area (Å²) in [4.78, 5) is 23.5. The molecule has 0 radical (unpaired) electrons. The zero-order valence-corrected chi connectivity index (χ0v) is 17.8. The maximum absolute atomic E-state index is 13.2. The van der Waals surface area contributed by atoms with Crippen molar-refractivity contribution >= 4 is 27.3 Å². The molecule has 0 bridgehead atoms. The average Bonchev–Trinajstić information content (AvgIpc) is 2.75. The van der Waals surface area contributed by atoms with Crippen LogP contribution in [0, 0.1) is 22.9 Å². The van der Waals surface area contributed by atoms with Gasteiger partial charge in [0.1, 0.15) is 11.9 Å². The maximum Gasteiger partial charge on any atom is 0.274 e. The third kappa shape index (κ3) is 5.54. The van der Waals surface area contributed by atoms with Crippen molar-refractivity contribution in [1.29, 1.82) is 0 Å². The number of nitro benzene ring substituents is 1. The molecule has 0 spiro atoms. The number of nitrogens with zero attached hydrogens (tertiary/aromatic N) is 1. The highest BCUT2D eigenvalue weighted by Gasteiger charge is 2.27. The van der Waals surface area contributed by atoms with Gasteiger partial charge in [-0.2, -0.15) is 4.72 Å². The Morgan fingerprint density at radius 2 is 1.69 bits per heavy atom. The smallest absolute Gasteiger partial charge is 0.274 e. The van der Waals surface area contributed by atoms with Gasteiger partial charge in [0.05, 0.1) is 21.1 Å². The first-order chi connectivity index (χ1) is 15.2. The Kier molecular flexibility index (Phi) is 6.96. The van der Waals surface area contributed by atoms with Crippen molar-refractivity contribution in [2.75, 3.05) is 5.32 Å². The molecule has 0 aliphatic rings. The fraction of sp³-hybridized carbons (Fsp3) is 0.136. The molecule has 1 unspecified atom stereocenters. The number of carbonyl (C=O) groups is 1. The van der Waals surface area contributed by atoms with Crippen molar-refractivity contribution in [3.8, 4) is 0 Å². The average molecular weight is 457 g/mol. The summed E-state index contributed by atoms with van der Waals surface area (Å²) in [5.41, 5.74) is 0.966. The molecule has 2 N–H and O–H groups in total. The van der Waals surface area contributed by atoms with E-state index in [2.05, 4.69) is 10.0 Å². The monoisotopic (exact) mass is 457 g/mol. The summed E-state index contributed by atoms with van der Waals surface area (Å²) in [6.07, 6.45) is 0.0288. The van der Waals surface area contributed by atoms with E-state index in [1.54, 1.807) is 30.3 Å². The van der Waals surface area contributed by atoms with Crippen LogP contribution in [0.4, 0.5) is 15.8 Å². The molecule has 0 aromatic heterocycles. The van der Waals surface area contributed by atoms with Gasteiger partial charge in [-0.3, -0.25) is 14.9 Å². The molecular weight excluding hydrogens is 437 g/mol. The van der Waals surface area contributed by atoms with Crippen LogP contribution in [0.3, 0.4) is 0 Å². The third-order valence-electron chi connectivity index (χ3n) is 4.78. The molecule has 32 heavy (non-hydrogen) atoms. The molecule has 0 aliphatic heterocycles. The van der Waals surface area contributed by atoms with Crippen LogP contribution in [0.25, 0.3) is 0 Å². The Hall–Kier alpha value is -3.63. The van der Waals surface area contributed by atoms with Crippen LogP contribution in [0.5, 0.6) is 0 Å². The van der Waals surface area contributed by atoms with Crippen molar-refractivity contribution in [1.82, 2.24) is 4.72 Å². The van der Waals surface area contributed by atoms with Gasteiger partial charge in [0.25, 0.3) is 5.69 Å². The number of carbonyl (C=O) groups excluding carboxylic acids is 1. The van der Waals surface area contributed by atoms with Crippen molar-refractivity contribution in [3.05, 3.63) is 99.9 Å². The van der Waals surface area contributed by atoms with Gasteiger partial charge in [-0.1, -0.05) is 36.4 Å². The first-order valence-corrected chi connectivity index (χ1v) is 11.0. The number of hydrogen-bond donors (Lipinski definition) is 2. The van der Waals surface area contributed by atoms with Crippen LogP contribution in [-0.4, -0.2) is 25.3 Å². The summed E-state index contributed by atoms with van der Waals surface area (Å²) in [5.74, 6) is -1.29. The van der Waals surface area contributed by atoms with Crippen LogP contribution in [0.1, 0.15) is 11.1 Å². The third-order valence-corrected chi connectivity index (χ3v) is 6.27. The van der Waals surface area contributed by atoms with Crippen LogP contribution < -0.4 is 10.0 Å². The van der Waals surface area contributed by atoms with Crippen molar-refractivity contribution in [2.24, 2.45) is 0 Å². The predicted octanol–water partition coefficient (Wildman–Crippen LogP) is 3.57. The second-order valence-electron chi connectivity index (χ2n) is 7.01. The highest BCUT2D eigenvalue weighted by molar-refractivity contribution is 7.89. The summed E-state index contributed by atoms with van der Waals surface area (Å²) in [6, 6.07) is 16.0. The SMILES string of the molecule is Cc1c(NC(=O)C(Cc2ccccc2)NS(=O)(=O)c2ccc(F)cc2)cccc1[N+](=O)[O-]. The largest absolute Gasteiger partial charge is 0.324 e. The fourth-order valence-electron chi connectivity index (χ4n) is 3.08. The maximum atomic E-state index is 13.2. The van der Waals surface area contributed by atoms with E-state index >= 15 is 0 Å².